The molecular formula is C16H24N2O2. The number of rotatable bonds is 5. The van der Waals surface area contributed by atoms with Crippen LogP contribution < -0.4 is 5.32 Å². The number of likely N-dealkylation sites (tertiary alicyclic amines) is 1. The number of anilines is 1. The van der Waals surface area contributed by atoms with E-state index in [0.29, 0.717) is 18.4 Å². The van der Waals surface area contributed by atoms with E-state index in [1.165, 1.54) is 5.56 Å². The molecule has 0 aliphatic carbocycles. The molecule has 110 valence electrons. The van der Waals surface area contributed by atoms with E-state index in [4.69, 9.17) is 5.11 Å². The Morgan fingerprint density at radius 2 is 2.10 bits per heavy atom. The third-order valence-corrected chi connectivity index (χ3v) is 3.86. The van der Waals surface area contributed by atoms with Gasteiger partial charge in [-0.05, 0) is 42.5 Å². The summed E-state index contributed by atoms with van der Waals surface area (Å²) in [5.41, 5.74) is 2.12. The summed E-state index contributed by atoms with van der Waals surface area (Å²) in [6.45, 7) is 6.63. The number of aliphatic hydroxyl groups is 1. The zero-order chi connectivity index (χ0) is 14.5. The molecule has 1 fully saturated rings. The summed E-state index contributed by atoms with van der Waals surface area (Å²) >= 11 is 0. The van der Waals surface area contributed by atoms with Crippen LogP contribution in [0.2, 0.25) is 0 Å². The number of nitrogens with one attached hydrogen (secondary N) is 1. The maximum absolute atomic E-state index is 12.0. The zero-order valence-electron chi connectivity index (χ0n) is 12.3. The number of aliphatic hydroxyl groups excluding tert-OH is 1. The molecule has 1 saturated heterocycles. The van der Waals surface area contributed by atoms with Gasteiger partial charge >= 0.3 is 0 Å². The number of amides is 1. The number of hydrogen-bond donors (Lipinski definition) is 2. The third-order valence-electron chi connectivity index (χ3n) is 3.86. The third kappa shape index (κ3) is 4.05. The highest BCUT2D eigenvalue weighted by Gasteiger charge is 2.23. The zero-order valence-corrected chi connectivity index (χ0v) is 12.3. The summed E-state index contributed by atoms with van der Waals surface area (Å²) < 4.78 is 0. The van der Waals surface area contributed by atoms with E-state index in [2.05, 4.69) is 36.2 Å². The lowest BCUT2D eigenvalue weighted by Gasteiger charge is -2.15. The lowest BCUT2D eigenvalue weighted by Crippen LogP contribution is -2.31. The molecule has 1 aromatic carbocycles. The average molecular weight is 276 g/mol. The van der Waals surface area contributed by atoms with Gasteiger partial charge in [-0.3, -0.25) is 9.69 Å². The summed E-state index contributed by atoms with van der Waals surface area (Å²) in [5, 5.41) is 12.0. The van der Waals surface area contributed by atoms with Gasteiger partial charge in [-0.15, -0.1) is 0 Å². The molecule has 1 atom stereocenters. The van der Waals surface area contributed by atoms with Crippen molar-refractivity contribution in [1.29, 1.82) is 0 Å². The summed E-state index contributed by atoms with van der Waals surface area (Å²) in [6, 6.07) is 8.01. The number of carbonyl (C=O) groups excluding carboxylic acids is 1. The molecular weight excluding hydrogens is 252 g/mol. The minimum Gasteiger partial charge on any atom is -0.396 e. The van der Waals surface area contributed by atoms with E-state index in [1.807, 2.05) is 12.1 Å². The summed E-state index contributed by atoms with van der Waals surface area (Å²) in [7, 11) is 0. The molecule has 1 aliphatic heterocycles. The average Bonchev–Trinajstić information content (AvgIpc) is 2.86. The molecule has 1 heterocycles. The van der Waals surface area contributed by atoms with Gasteiger partial charge in [0.05, 0.1) is 6.54 Å². The monoisotopic (exact) mass is 276 g/mol. The number of carbonyl (C=O) groups is 1. The fraction of sp³-hybridized carbons (Fsp3) is 0.562. The Bertz CT molecular complexity index is 442. The van der Waals surface area contributed by atoms with E-state index < -0.39 is 0 Å². The Hall–Kier alpha value is -1.39. The van der Waals surface area contributed by atoms with Crippen LogP contribution in [0.5, 0.6) is 0 Å². The molecule has 4 heteroatoms. The van der Waals surface area contributed by atoms with Crippen LogP contribution in [0.4, 0.5) is 5.69 Å². The van der Waals surface area contributed by atoms with Gasteiger partial charge in [0.25, 0.3) is 0 Å². The van der Waals surface area contributed by atoms with Gasteiger partial charge in [-0.2, -0.15) is 0 Å². The highest BCUT2D eigenvalue weighted by Crippen LogP contribution is 2.18. The highest BCUT2D eigenvalue weighted by molar-refractivity contribution is 5.92. The topological polar surface area (TPSA) is 52.6 Å². The quantitative estimate of drug-likeness (QED) is 0.865. The first-order valence-electron chi connectivity index (χ1n) is 7.31. The van der Waals surface area contributed by atoms with Gasteiger partial charge in [-0.25, -0.2) is 0 Å². The van der Waals surface area contributed by atoms with Gasteiger partial charge in [0.1, 0.15) is 0 Å². The molecule has 2 N–H and O–H groups in total. The number of benzene rings is 1. The second kappa shape index (κ2) is 6.86. The van der Waals surface area contributed by atoms with Crippen molar-refractivity contribution in [3.63, 3.8) is 0 Å². The molecule has 20 heavy (non-hydrogen) atoms. The molecule has 4 nitrogen and oxygen atoms in total. The lowest BCUT2D eigenvalue weighted by molar-refractivity contribution is -0.117. The smallest absolute Gasteiger partial charge is 0.238 e. The van der Waals surface area contributed by atoms with Gasteiger partial charge < -0.3 is 10.4 Å². The van der Waals surface area contributed by atoms with Crippen molar-refractivity contribution in [3.8, 4) is 0 Å². The maximum Gasteiger partial charge on any atom is 0.238 e. The SMILES string of the molecule is CC(C)c1ccc(NC(=O)CN2CCC(CO)C2)cc1. The predicted octanol–water partition coefficient (Wildman–Crippen LogP) is 2.06. The Balaban J connectivity index is 1.82. The van der Waals surface area contributed by atoms with Crippen LogP contribution in [0, 0.1) is 5.92 Å². The molecule has 1 aliphatic rings. The Labute approximate surface area is 120 Å². The molecule has 0 spiro atoms. The molecule has 0 radical (unpaired) electrons. The van der Waals surface area contributed by atoms with Crippen LogP contribution in [-0.4, -0.2) is 42.2 Å². The first-order valence-corrected chi connectivity index (χ1v) is 7.31. The molecule has 1 amide bonds. The van der Waals surface area contributed by atoms with Crippen LogP contribution in [0.15, 0.2) is 24.3 Å². The van der Waals surface area contributed by atoms with Crippen molar-refractivity contribution < 1.29 is 9.90 Å². The summed E-state index contributed by atoms with van der Waals surface area (Å²) in [4.78, 5) is 14.1. The molecule has 0 saturated carbocycles. The lowest BCUT2D eigenvalue weighted by atomic mass is 10.0. The van der Waals surface area contributed by atoms with Crippen molar-refractivity contribution in [1.82, 2.24) is 4.90 Å². The first-order chi connectivity index (χ1) is 9.58. The second-order valence-electron chi connectivity index (χ2n) is 5.90. The molecule has 1 unspecified atom stereocenters. The van der Waals surface area contributed by atoms with Crippen molar-refractivity contribution in [2.24, 2.45) is 5.92 Å². The fourth-order valence-electron chi connectivity index (χ4n) is 2.56. The Morgan fingerprint density at radius 3 is 2.65 bits per heavy atom. The van der Waals surface area contributed by atoms with Gasteiger partial charge in [-0.1, -0.05) is 26.0 Å². The van der Waals surface area contributed by atoms with Crippen molar-refractivity contribution in [3.05, 3.63) is 29.8 Å². The van der Waals surface area contributed by atoms with Gasteiger partial charge in [0, 0.05) is 18.8 Å². The predicted molar refractivity (Wildman–Crippen MR) is 80.8 cm³/mol. The van der Waals surface area contributed by atoms with Gasteiger partial charge in [0.15, 0.2) is 0 Å². The summed E-state index contributed by atoms with van der Waals surface area (Å²) in [5.74, 6) is 0.841. The summed E-state index contributed by atoms with van der Waals surface area (Å²) in [6.07, 6.45) is 0.979. The van der Waals surface area contributed by atoms with E-state index in [9.17, 15) is 4.79 Å². The normalized spacial score (nSPS) is 19.5. The molecule has 2 rings (SSSR count). The van der Waals surface area contributed by atoms with E-state index >= 15 is 0 Å². The minimum atomic E-state index is 0.0147. The fourth-order valence-corrected chi connectivity index (χ4v) is 2.56. The number of nitrogens with zero attached hydrogens (tertiary/aromatic N) is 1. The Kier molecular flexibility index (Phi) is 5.15. The van der Waals surface area contributed by atoms with Crippen LogP contribution >= 0.6 is 0 Å². The van der Waals surface area contributed by atoms with Crippen LogP contribution in [0.1, 0.15) is 31.7 Å². The Morgan fingerprint density at radius 1 is 1.40 bits per heavy atom. The molecule has 0 aromatic heterocycles. The second-order valence-corrected chi connectivity index (χ2v) is 5.90. The molecule has 0 bridgehead atoms. The van der Waals surface area contributed by atoms with Crippen LogP contribution in [-0.2, 0) is 4.79 Å². The first kappa shape index (κ1) is 15.0. The van der Waals surface area contributed by atoms with Crippen molar-refractivity contribution in [2.45, 2.75) is 26.2 Å². The maximum atomic E-state index is 12.0. The highest BCUT2D eigenvalue weighted by atomic mass is 16.3. The van der Waals surface area contributed by atoms with Gasteiger partial charge in [0.2, 0.25) is 5.91 Å². The standard InChI is InChI=1S/C16H24N2O2/c1-12(2)14-3-5-15(6-4-14)17-16(20)10-18-8-7-13(9-18)11-19/h3-6,12-13,19H,7-11H2,1-2H3,(H,17,20). The van der Waals surface area contributed by atoms with Crippen LogP contribution in [0.25, 0.3) is 0 Å². The van der Waals surface area contributed by atoms with E-state index in [0.717, 1.165) is 25.2 Å². The van der Waals surface area contributed by atoms with E-state index in [-0.39, 0.29) is 12.5 Å². The van der Waals surface area contributed by atoms with E-state index in [1.54, 1.807) is 0 Å². The largest absolute Gasteiger partial charge is 0.396 e. The minimum absolute atomic E-state index is 0.0147. The van der Waals surface area contributed by atoms with Crippen molar-refractivity contribution >= 4 is 11.6 Å². The molecule has 1 aromatic rings. The van der Waals surface area contributed by atoms with Crippen molar-refractivity contribution in [2.75, 3.05) is 31.6 Å². The van der Waals surface area contributed by atoms with Crippen LogP contribution in [0.3, 0.4) is 0 Å². The number of hydrogen-bond acceptors (Lipinski definition) is 3.